The van der Waals surface area contributed by atoms with Gasteiger partial charge in [-0.05, 0) is 120 Å². The van der Waals surface area contributed by atoms with E-state index in [1.807, 2.05) is 12.1 Å². The third-order valence-electron chi connectivity index (χ3n) is 10.9. The summed E-state index contributed by atoms with van der Waals surface area (Å²) in [4.78, 5) is 4.67. The third-order valence-corrected chi connectivity index (χ3v) is 10.9. The second-order valence-corrected chi connectivity index (χ2v) is 14.2. The first-order chi connectivity index (χ1) is 27.8. The highest BCUT2D eigenvalue weighted by Gasteiger charge is 2.19. The van der Waals surface area contributed by atoms with Gasteiger partial charge in [-0.2, -0.15) is 0 Å². The molecule has 0 aliphatic carbocycles. The van der Waals surface area contributed by atoms with Crippen LogP contribution in [0.25, 0.3) is 60.2 Å². The third kappa shape index (κ3) is 5.31. The molecule has 0 aliphatic heterocycles. The minimum atomic E-state index is 0.898. The lowest BCUT2D eigenvalue weighted by molar-refractivity contribution is 0.669. The minimum Gasteiger partial charge on any atom is -0.456 e. The fourth-order valence-electron chi connectivity index (χ4n) is 8.35. The molecule has 4 nitrogen and oxygen atoms in total. The Bertz CT molecular complexity index is 3180. The van der Waals surface area contributed by atoms with Crippen molar-refractivity contribution in [1.82, 2.24) is 4.57 Å². The van der Waals surface area contributed by atoms with Crippen molar-refractivity contribution >= 4 is 88.6 Å². The van der Waals surface area contributed by atoms with Gasteiger partial charge in [-0.3, -0.25) is 0 Å². The van der Waals surface area contributed by atoms with Crippen LogP contribution in [0.1, 0.15) is 0 Å². The lowest BCUT2D eigenvalue weighted by Crippen LogP contribution is -2.12. The summed E-state index contributed by atoms with van der Waals surface area (Å²) in [5.74, 6) is 0. The van der Waals surface area contributed by atoms with Crippen molar-refractivity contribution in [3.05, 3.63) is 212 Å². The summed E-state index contributed by atoms with van der Waals surface area (Å²) >= 11 is 0. The summed E-state index contributed by atoms with van der Waals surface area (Å²) in [5.41, 5.74) is 11.8. The van der Waals surface area contributed by atoms with Gasteiger partial charge >= 0.3 is 0 Å². The van der Waals surface area contributed by atoms with E-state index in [0.29, 0.717) is 0 Å². The predicted molar refractivity (Wildman–Crippen MR) is 235 cm³/mol. The minimum absolute atomic E-state index is 0.898. The van der Waals surface area contributed by atoms with E-state index in [2.05, 4.69) is 215 Å². The van der Waals surface area contributed by atoms with Crippen molar-refractivity contribution in [3.63, 3.8) is 0 Å². The molecule has 0 aliphatic rings. The van der Waals surface area contributed by atoms with E-state index in [4.69, 9.17) is 4.42 Å². The van der Waals surface area contributed by atoms with Gasteiger partial charge in [-0.25, -0.2) is 0 Å². The summed E-state index contributed by atoms with van der Waals surface area (Å²) in [7, 11) is 0. The van der Waals surface area contributed by atoms with Crippen LogP contribution in [-0.4, -0.2) is 4.57 Å². The second kappa shape index (κ2) is 13.1. The Morgan fingerprint density at radius 2 is 0.821 bits per heavy atom. The fraction of sp³-hybridized carbons (Fsp3) is 0. The Hall–Kier alpha value is -7.56. The number of furan rings is 1. The maximum atomic E-state index is 6.29. The zero-order valence-electron chi connectivity index (χ0n) is 30.5. The van der Waals surface area contributed by atoms with Crippen molar-refractivity contribution in [2.24, 2.45) is 0 Å². The monoisotopic (exact) mass is 717 g/mol. The molecule has 4 heteroatoms. The highest BCUT2D eigenvalue weighted by molar-refractivity contribution is 6.11. The summed E-state index contributed by atoms with van der Waals surface area (Å²) < 4.78 is 8.66. The number of rotatable bonds is 7. The fourth-order valence-corrected chi connectivity index (χ4v) is 8.35. The van der Waals surface area contributed by atoms with Gasteiger partial charge in [0.2, 0.25) is 0 Å². The lowest BCUT2D eigenvalue weighted by atomic mass is 10.0. The highest BCUT2D eigenvalue weighted by atomic mass is 16.3. The highest BCUT2D eigenvalue weighted by Crippen LogP contribution is 2.42. The molecule has 0 fully saturated rings. The molecule has 0 atom stereocenters. The molecular weight excluding hydrogens is 683 g/mol. The van der Waals surface area contributed by atoms with Crippen LogP contribution in [0.3, 0.4) is 0 Å². The van der Waals surface area contributed by atoms with Gasteiger partial charge < -0.3 is 18.8 Å². The average Bonchev–Trinajstić information content (AvgIpc) is 3.79. The first kappa shape index (κ1) is 31.9. The molecule has 264 valence electrons. The normalized spacial score (nSPS) is 11.6. The number of benzene rings is 9. The van der Waals surface area contributed by atoms with E-state index in [9.17, 15) is 0 Å². The van der Waals surface area contributed by atoms with E-state index >= 15 is 0 Å². The largest absolute Gasteiger partial charge is 0.456 e. The molecule has 0 radical (unpaired) electrons. The Kier molecular flexibility index (Phi) is 7.46. The average molecular weight is 718 g/mol. The molecule has 2 heterocycles. The Morgan fingerprint density at radius 3 is 1.52 bits per heavy atom. The van der Waals surface area contributed by atoms with Crippen molar-refractivity contribution in [1.29, 1.82) is 0 Å². The van der Waals surface area contributed by atoms with Gasteiger partial charge in [0.1, 0.15) is 11.2 Å². The number of hydrogen-bond donors (Lipinski definition) is 0. The molecule has 56 heavy (non-hydrogen) atoms. The lowest BCUT2D eigenvalue weighted by Gasteiger charge is -2.28. The van der Waals surface area contributed by atoms with Crippen LogP contribution in [0.5, 0.6) is 0 Å². The SMILES string of the molecule is c1ccc(N(c2ccc(N(c3ccccc3)c3ccc4c5ccccc5n(-c5ccccc5)c4c3)cc2)c2ccc3cc4c(cc3c2)oc2ccccc24)cc1. The van der Waals surface area contributed by atoms with Gasteiger partial charge in [0.15, 0.2) is 0 Å². The van der Waals surface area contributed by atoms with Crippen molar-refractivity contribution in [2.45, 2.75) is 0 Å². The van der Waals surface area contributed by atoms with E-state index in [1.54, 1.807) is 0 Å². The van der Waals surface area contributed by atoms with Crippen LogP contribution < -0.4 is 9.80 Å². The molecular formula is C52H35N3O. The van der Waals surface area contributed by atoms with E-state index in [0.717, 1.165) is 67.1 Å². The number of fused-ring (bicyclic) bond motifs is 7. The smallest absolute Gasteiger partial charge is 0.136 e. The van der Waals surface area contributed by atoms with Gasteiger partial charge in [0, 0.05) is 61.4 Å². The van der Waals surface area contributed by atoms with Crippen molar-refractivity contribution in [3.8, 4) is 5.69 Å². The molecule has 0 unspecified atom stereocenters. The molecule has 9 aromatic carbocycles. The Morgan fingerprint density at radius 1 is 0.304 bits per heavy atom. The first-order valence-electron chi connectivity index (χ1n) is 19.0. The molecule has 0 saturated carbocycles. The zero-order chi connectivity index (χ0) is 37.0. The maximum absolute atomic E-state index is 6.29. The predicted octanol–water partition coefficient (Wildman–Crippen LogP) is 14.8. The standard InChI is InChI=1S/C52H35N3O/c1-4-14-38(15-5-1)53(43-25-24-36-33-48-47-21-11-13-23-51(47)56-52(48)34-37(36)32-43)41-26-28-42(29-27-41)54(39-16-6-2-7-17-39)44-30-31-46-45-20-10-12-22-49(45)55(50(46)35-44)40-18-8-3-9-19-40/h1-35H. The van der Waals surface area contributed by atoms with Crippen molar-refractivity contribution < 1.29 is 4.42 Å². The quantitative estimate of drug-likeness (QED) is 0.164. The van der Waals surface area contributed by atoms with Crippen LogP contribution >= 0.6 is 0 Å². The molecule has 0 spiro atoms. The molecule has 0 amide bonds. The van der Waals surface area contributed by atoms with E-state index in [-0.39, 0.29) is 0 Å². The molecule has 2 aromatic heterocycles. The van der Waals surface area contributed by atoms with Gasteiger partial charge in [-0.1, -0.05) is 103 Å². The first-order valence-corrected chi connectivity index (χ1v) is 19.0. The van der Waals surface area contributed by atoms with Crippen LogP contribution in [0, 0.1) is 0 Å². The summed E-state index contributed by atoms with van der Waals surface area (Å²) in [6.07, 6.45) is 0. The van der Waals surface area contributed by atoms with Gasteiger partial charge in [0.25, 0.3) is 0 Å². The number of aromatic nitrogens is 1. The van der Waals surface area contributed by atoms with Crippen LogP contribution in [0.4, 0.5) is 34.1 Å². The molecule has 0 N–H and O–H groups in total. The molecule has 0 bridgehead atoms. The van der Waals surface area contributed by atoms with E-state index in [1.165, 1.54) is 27.2 Å². The summed E-state index contributed by atoms with van der Waals surface area (Å²) in [6, 6.07) is 75.7. The Balaban J connectivity index is 1.03. The van der Waals surface area contributed by atoms with E-state index < -0.39 is 0 Å². The number of hydrogen-bond acceptors (Lipinski definition) is 3. The van der Waals surface area contributed by atoms with Gasteiger partial charge in [-0.15, -0.1) is 0 Å². The second-order valence-electron chi connectivity index (χ2n) is 14.2. The zero-order valence-corrected chi connectivity index (χ0v) is 30.5. The van der Waals surface area contributed by atoms with Crippen LogP contribution in [0.15, 0.2) is 217 Å². The Labute approximate surface area is 324 Å². The van der Waals surface area contributed by atoms with Gasteiger partial charge in [0.05, 0.1) is 11.0 Å². The number of para-hydroxylation sites is 5. The maximum Gasteiger partial charge on any atom is 0.136 e. The summed E-state index contributed by atoms with van der Waals surface area (Å²) in [6.45, 7) is 0. The number of nitrogens with zero attached hydrogens (tertiary/aromatic N) is 3. The topological polar surface area (TPSA) is 24.6 Å². The van der Waals surface area contributed by atoms with Crippen LogP contribution in [0.2, 0.25) is 0 Å². The van der Waals surface area contributed by atoms with Crippen molar-refractivity contribution in [2.75, 3.05) is 9.80 Å². The molecule has 11 aromatic rings. The molecule has 0 saturated heterocycles. The molecule has 11 rings (SSSR count). The van der Waals surface area contributed by atoms with Crippen LogP contribution in [-0.2, 0) is 0 Å². The summed E-state index contributed by atoms with van der Waals surface area (Å²) in [5, 5.41) is 7.06. The number of anilines is 6.